The lowest BCUT2D eigenvalue weighted by Crippen LogP contribution is -2.44. The van der Waals surface area contributed by atoms with Gasteiger partial charge in [-0.1, -0.05) is 6.92 Å². The molecule has 0 radical (unpaired) electrons. The predicted molar refractivity (Wildman–Crippen MR) is 76.8 cm³/mol. The van der Waals surface area contributed by atoms with Crippen molar-refractivity contribution in [1.29, 1.82) is 0 Å². The first-order valence-corrected chi connectivity index (χ1v) is 7.57. The molecular weight excluding hydrogens is 224 g/mol. The van der Waals surface area contributed by atoms with E-state index in [9.17, 15) is 0 Å². The predicted octanol–water partition coefficient (Wildman–Crippen LogP) is 1.52. The third-order valence-corrected chi connectivity index (χ3v) is 4.15. The number of nitrogens with zero attached hydrogens (tertiary/aromatic N) is 3. The zero-order valence-electron chi connectivity index (χ0n) is 11.8. The van der Waals surface area contributed by atoms with Crippen LogP contribution in [0, 0.1) is 5.92 Å². The summed E-state index contributed by atoms with van der Waals surface area (Å²) >= 11 is 0. The third kappa shape index (κ3) is 3.87. The van der Waals surface area contributed by atoms with E-state index in [0.29, 0.717) is 0 Å². The number of hydrogen-bond acceptors (Lipinski definition) is 2. The van der Waals surface area contributed by atoms with Gasteiger partial charge in [0.1, 0.15) is 0 Å². The molecule has 2 aliphatic heterocycles. The summed E-state index contributed by atoms with van der Waals surface area (Å²) in [5.41, 5.74) is 6.01. The van der Waals surface area contributed by atoms with Gasteiger partial charge in [-0.25, -0.2) is 0 Å². The molecule has 2 heterocycles. The second kappa shape index (κ2) is 6.98. The smallest absolute Gasteiger partial charge is 0.191 e. The maximum absolute atomic E-state index is 6.01. The highest BCUT2D eigenvalue weighted by atomic mass is 15.3. The number of likely N-dealkylation sites (tertiary alicyclic amines) is 2. The highest BCUT2D eigenvalue weighted by molar-refractivity contribution is 5.78. The Kier molecular flexibility index (Phi) is 5.29. The Morgan fingerprint density at radius 1 is 1.17 bits per heavy atom. The molecule has 0 saturated carbocycles. The van der Waals surface area contributed by atoms with Gasteiger partial charge in [0.05, 0.1) is 0 Å². The molecule has 4 heteroatoms. The van der Waals surface area contributed by atoms with Crippen LogP contribution in [0.5, 0.6) is 0 Å². The number of hydrogen-bond donors (Lipinski definition) is 1. The number of guanidine groups is 1. The highest BCUT2D eigenvalue weighted by Gasteiger charge is 2.23. The lowest BCUT2D eigenvalue weighted by molar-refractivity contribution is 0.200. The van der Waals surface area contributed by atoms with Crippen molar-refractivity contribution >= 4 is 5.96 Å². The molecule has 0 unspecified atom stereocenters. The Morgan fingerprint density at radius 2 is 1.83 bits per heavy atom. The van der Waals surface area contributed by atoms with Crippen molar-refractivity contribution < 1.29 is 0 Å². The van der Waals surface area contributed by atoms with Gasteiger partial charge in [-0.15, -0.1) is 0 Å². The van der Waals surface area contributed by atoms with E-state index < -0.39 is 0 Å². The first-order chi connectivity index (χ1) is 8.79. The zero-order valence-corrected chi connectivity index (χ0v) is 11.8. The Bertz CT molecular complexity index is 263. The van der Waals surface area contributed by atoms with Gasteiger partial charge in [0, 0.05) is 26.2 Å². The number of rotatable bonds is 4. The minimum Gasteiger partial charge on any atom is -0.370 e. The second-order valence-electron chi connectivity index (χ2n) is 5.68. The summed E-state index contributed by atoms with van der Waals surface area (Å²) in [5.74, 6) is 1.63. The monoisotopic (exact) mass is 252 g/mol. The van der Waals surface area contributed by atoms with Crippen LogP contribution in [0.2, 0.25) is 0 Å². The Hall–Kier alpha value is -0.770. The van der Waals surface area contributed by atoms with Crippen LogP contribution < -0.4 is 5.73 Å². The molecule has 0 spiro atoms. The van der Waals surface area contributed by atoms with E-state index in [1.807, 2.05) is 0 Å². The topological polar surface area (TPSA) is 44.9 Å². The van der Waals surface area contributed by atoms with E-state index in [-0.39, 0.29) is 0 Å². The van der Waals surface area contributed by atoms with Crippen molar-refractivity contribution in [2.75, 3.05) is 39.3 Å². The molecule has 104 valence electrons. The fourth-order valence-electron chi connectivity index (χ4n) is 3.00. The molecule has 4 nitrogen and oxygen atoms in total. The van der Waals surface area contributed by atoms with Crippen molar-refractivity contribution in [3.05, 3.63) is 0 Å². The van der Waals surface area contributed by atoms with Crippen LogP contribution in [-0.4, -0.2) is 55.0 Å². The summed E-state index contributed by atoms with van der Waals surface area (Å²) in [7, 11) is 0. The number of piperidine rings is 1. The minimum absolute atomic E-state index is 0.761. The van der Waals surface area contributed by atoms with Gasteiger partial charge in [0.15, 0.2) is 5.96 Å². The van der Waals surface area contributed by atoms with Crippen LogP contribution in [0.4, 0.5) is 0 Å². The van der Waals surface area contributed by atoms with E-state index >= 15 is 0 Å². The van der Waals surface area contributed by atoms with Gasteiger partial charge in [0.2, 0.25) is 0 Å². The molecule has 0 atom stereocenters. The average molecular weight is 252 g/mol. The largest absolute Gasteiger partial charge is 0.370 e. The molecular formula is C14H28N4. The van der Waals surface area contributed by atoms with Crippen LogP contribution in [-0.2, 0) is 0 Å². The Balaban J connectivity index is 1.70. The number of aliphatic imine (C=N–C) groups is 1. The van der Waals surface area contributed by atoms with Gasteiger partial charge in [-0.3, -0.25) is 4.99 Å². The first-order valence-electron chi connectivity index (χ1n) is 7.57. The maximum Gasteiger partial charge on any atom is 0.191 e. The van der Waals surface area contributed by atoms with Crippen LogP contribution in [0.1, 0.15) is 39.0 Å². The second-order valence-corrected chi connectivity index (χ2v) is 5.68. The summed E-state index contributed by atoms with van der Waals surface area (Å²) in [6.45, 7) is 9.13. The molecule has 18 heavy (non-hydrogen) atoms. The van der Waals surface area contributed by atoms with E-state index in [4.69, 9.17) is 5.73 Å². The third-order valence-electron chi connectivity index (χ3n) is 4.15. The first kappa shape index (κ1) is 13.7. The molecule has 0 aromatic rings. The van der Waals surface area contributed by atoms with E-state index in [1.54, 1.807) is 0 Å². The minimum atomic E-state index is 0.761. The van der Waals surface area contributed by atoms with Gasteiger partial charge < -0.3 is 15.5 Å². The molecule has 0 aromatic heterocycles. The zero-order chi connectivity index (χ0) is 12.8. The molecule has 0 aliphatic carbocycles. The molecule has 0 bridgehead atoms. The van der Waals surface area contributed by atoms with Gasteiger partial charge in [-0.05, 0) is 51.1 Å². The fraction of sp³-hybridized carbons (Fsp3) is 0.929. The highest BCUT2D eigenvalue weighted by Crippen LogP contribution is 2.20. The summed E-state index contributed by atoms with van der Waals surface area (Å²) < 4.78 is 0. The Morgan fingerprint density at radius 3 is 2.44 bits per heavy atom. The fourth-order valence-corrected chi connectivity index (χ4v) is 3.00. The van der Waals surface area contributed by atoms with Crippen LogP contribution >= 0.6 is 0 Å². The van der Waals surface area contributed by atoms with Crippen molar-refractivity contribution in [1.82, 2.24) is 9.80 Å². The average Bonchev–Trinajstić information content (AvgIpc) is 2.89. The standard InChI is InChI=1S/C14H28N4/c1-2-7-16-14(15)18-10-5-13(6-11-18)12-17-8-3-4-9-17/h13H,2-12H2,1H3,(H2,15,16). The quantitative estimate of drug-likeness (QED) is 0.609. The van der Waals surface area contributed by atoms with Gasteiger partial charge in [-0.2, -0.15) is 0 Å². The number of nitrogens with two attached hydrogens (primary N) is 1. The molecule has 0 aromatic carbocycles. The molecule has 2 N–H and O–H groups in total. The van der Waals surface area contributed by atoms with E-state index in [0.717, 1.165) is 37.9 Å². The molecule has 2 rings (SSSR count). The van der Waals surface area contributed by atoms with Crippen molar-refractivity contribution in [3.63, 3.8) is 0 Å². The molecule has 0 amide bonds. The van der Waals surface area contributed by atoms with Crippen molar-refractivity contribution in [2.24, 2.45) is 16.6 Å². The van der Waals surface area contributed by atoms with E-state index in [1.165, 1.54) is 45.3 Å². The van der Waals surface area contributed by atoms with Crippen LogP contribution in [0.15, 0.2) is 4.99 Å². The summed E-state index contributed by atoms with van der Waals surface area (Å²) in [4.78, 5) is 9.30. The van der Waals surface area contributed by atoms with Gasteiger partial charge >= 0.3 is 0 Å². The van der Waals surface area contributed by atoms with Gasteiger partial charge in [0.25, 0.3) is 0 Å². The normalized spacial score (nSPS) is 23.8. The Labute approximate surface area is 111 Å². The van der Waals surface area contributed by atoms with Crippen LogP contribution in [0.25, 0.3) is 0 Å². The van der Waals surface area contributed by atoms with Crippen molar-refractivity contribution in [3.8, 4) is 0 Å². The van der Waals surface area contributed by atoms with E-state index in [2.05, 4.69) is 21.7 Å². The summed E-state index contributed by atoms with van der Waals surface area (Å²) in [6.07, 6.45) is 6.43. The SMILES string of the molecule is CCCN=C(N)N1CCC(CN2CCCC2)CC1. The lowest BCUT2D eigenvalue weighted by atomic mass is 9.96. The summed E-state index contributed by atoms with van der Waals surface area (Å²) in [6, 6.07) is 0. The molecule has 2 aliphatic rings. The van der Waals surface area contributed by atoms with Crippen molar-refractivity contribution in [2.45, 2.75) is 39.0 Å². The summed E-state index contributed by atoms with van der Waals surface area (Å²) in [5, 5.41) is 0. The molecule has 2 fully saturated rings. The molecule has 2 saturated heterocycles. The lowest BCUT2D eigenvalue weighted by Gasteiger charge is -2.34. The maximum atomic E-state index is 6.01. The van der Waals surface area contributed by atoms with Crippen LogP contribution in [0.3, 0.4) is 0 Å².